The molecule has 0 aliphatic carbocycles. The summed E-state index contributed by atoms with van der Waals surface area (Å²) in [5, 5.41) is 8.32. The summed E-state index contributed by atoms with van der Waals surface area (Å²) < 4.78 is 2.31. The predicted molar refractivity (Wildman–Crippen MR) is 52.7 cm³/mol. The van der Waals surface area contributed by atoms with Gasteiger partial charge in [-0.05, 0) is 0 Å². The lowest BCUT2D eigenvalue weighted by Crippen LogP contribution is -2.39. The second-order valence-corrected chi connectivity index (χ2v) is 2.91. The number of carbonyl (C=O) groups is 1. The molecule has 0 amide bonds. The van der Waals surface area contributed by atoms with Crippen molar-refractivity contribution in [1.29, 1.82) is 0 Å². The number of carboxylic acids is 1. The zero-order valence-electron chi connectivity index (χ0n) is 8.08. The number of aromatic nitrogens is 2. The summed E-state index contributed by atoms with van der Waals surface area (Å²) in [7, 11) is 1.47. The highest BCUT2D eigenvalue weighted by atomic mass is 16.4. The van der Waals surface area contributed by atoms with E-state index < -0.39 is 17.1 Å². The third kappa shape index (κ3) is 2.67. The van der Waals surface area contributed by atoms with E-state index in [0.29, 0.717) is 0 Å². The molecular weight excluding hydrogens is 200 g/mol. The summed E-state index contributed by atoms with van der Waals surface area (Å²) in [6.45, 7) is 0.0706. The second kappa shape index (κ2) is 4.41. The number of hydrogen-bond acceptors (Lipinski definition) is 3. The SMILES string of the molecule is Cn1ccn(CC=CC(=O)O)c(=O)c1=O. The summed E-state index contributed by atoms with van der Waals surface area (Å²) in [6.07, 6.45) is 5.08. The molecule has 6 heteroatoms. The van der Waals surface area contributed by atoms with Gasteiger partial charge in [0.1, 0.15) is 0 Å². The fourth-order valence-electron chi connectivity index (χ4n) is 1.00. The van der Waals surface area contributed by atoms with Crippen LogP contribution in [0, 0.1) is 0 Å². The molecule has 0 fully saturated rings. The molecule has 1 rings (SSSR count). The Bertz CT molecular complexity index is 510. The van der Waals surface area contributed by atoms with Crippen molar-refractivity contribution in [2.75, 3.05) is 0 Å². The zero-order valence-corrected chi connectivity index (χ0v) is 8.08. The predicted octanol–water partition coefficient (Wildman–Crippen LogP) is -0.812. The van der Waals surface area contributed by atoms with Gasteiger partial charge in [0.05, 0.1) is 0 Å². The molecule has 0 spiro atoms. The molecule has 0 aliphatic rings. The monoisotopic (exact) mass is 210 g/mol. The Morgan fingerprint density at radius 1 is 1.40 bits per heavy atom. The molecule has 6 nitrogen and oxygen atoms in total. The normalized spacial score (nSPS) is 10.7. The van der Waals surface area contributed by atoms with Crippen molar-refractivity contribution in [1.82, 2.24) is 9.13 Å². The van der Waals surface area contributed by atoms with Crippen molar-refractivity contribution in [2.45, 2.75) is 6.54 Å². The number of hydrogen-bond donors (Lipinski definition) is 1. The Morgan fingerprint density at radius 2 is 2.07 bits per heavy atom. The van der Waals surface area contributed by atoms with Gasteiger partial charge in [-0.3, -0.25) is 9.59 Å². The van der Waals surface area contributed by atoms with Crippen LogP contribution in [0.5, 0.6) is 0 Å². The lowest BCUT2D eigenvalue weighted by Gasteiger charge is -2.01. The van der Waals surface area contributed by atoms with E-state index in [0.717, 1.165) is 10.6 Å². The number of nitrogens with zero attached hydrogens (tertiary/aromatic N) is 2. The molecule has 1 aromatic heterocycles. The van der Waals surface area contributed by atoms with E-state index in [1.807, 2.05) is 0 Å². The quantitative estimate of drug-likeness (QED) is 0.522. The maximum absolute atomic E-state index is 11.3. The van der Waals surface area contributed by atoms with Gasteiger partial charge in [-0.15, -0.1) is 0 Å². The summed E-state index contributed by atoms with van der Waals surface area (Å²) in [5.41, 5.74) is -1.31. The Labute approximate surface area is 84.7 Å². The fourth-order valence-corrected chi connectivity index (χ4v) is 1.00. The fraction of sp³-hybridized carbons (Fsp3) is 0.222. The van der Waals surface area contributed by atoms with Crippen LogP contribution < -0.4 is 11.1 Å². The van der Waals surface area contributed by atoms with Crippen LogP contribution in [0.25, 0.3) is 0 Å². The standard InChI is InChI=1S/C9H10N2O4/c1-10-5-6-11(9(15)8(10)14)4-2-3-7(12)13/h2-3,5-6H,4H2,1H3,(H,12,13). The van der Waals surface area contributed by atoms with Crippen molar-refractivity contribution in [3.63, 3.8) is 0 Å². The third-order valence-electron chi connectivity index (χ3n) is 1.80. The molecule has 0 unspecified atom stereocenters. The van der Waals surface area contributed by atoms with E-state index in [4.69, 9.17) is 5.11 Å². The first-order chi connectivity index (χ1) is 7.02. The van der Waals surface area contributed by atoms with Crippen LogP contribution in [-0.4, -0.2) is 20.2 Å². The summed E-state index contributed by atoms with van der Waals surface area (Å²) in [6, 6.07) is 0. The van der Waals surface area contributed by atoms with Gasteiger partial charge in [0.25, 0.3) is 0 Å². The van der Waals surface area contributed by atoms with Gasteiger partial charge < -0.3 is 14.2 Å². The Kier molecular flexibility index (Phi) is 3.22. The van der Waals surface area contributed by atoms with Gasteiger partial charge in [0.2, 0.25) is 0 Å². The first-order valence-electron chi connectivity index (χ1n) is 4.18. The molecule has 1 N–H and O–H groups in total. The minimum atomic E-state index is -1.09. The second-order valence-electron chi connectivity index (χ2n) is 2.91. The van der Waals surface area contributed by atoms with Crippen LogP contribution in [0.3, 0.4) is 0 Å². The number of aliphatic carboxylic acids is 1. The van der Waals surface area contributed by atoms with Crippen LogP contribution >= 0.6 is 0 Å². The molecule has 80 valence electrons. The molecule has 0 aromatic carbocycles. The summed E-state index contributed by atoms with van der Waals surface area (Å²) in [5.74, 6) is -1.09. The molecule has 0 atom stereocenters. The minimum absolute atomic E-state index is 0.0706. The van der Waals surface area contributed by atoms with Gasteiger partial charge in [0.15, 0.2) is 0 Å². The average Bonchev–Trinajstić information content (AvgIpc) is 2.18. The van der Waals surface area contributed by atoms with E-state index in [1.54, 1.807) is 0 Å². The third-order valence-corrected chi connectivity index (χ3v) is 1.80. The molecule has 0 saturated carbocycles. The van der Waals surface area contributed by atoms with Crippen LogP contribution in [0.15, 0.2) is 34.1 Å². The largest absolute Gasteiger partial charge is 0.478 e. The number of rotatable bonds is 3. The van der Waals surface area contributed by atoms with Crippen LogP contribution in [-0.2, 0) is 18.4 Å². The van der Waals surface area contributed by atoms with Gasteiger partial charge in [-0.2, -0.15) is 0 Å². The number of aryl methyl sites for hydroxylation is 1. The molecule has 15 heavy (non-hydrogen) atoms. The zero-order chi connectivity index (χ0) is 11.4. The first kappa shape index (κ1) is 11.0. The molecule has 1 heterocycles. The lowest BCUT2D eigenvalue weighted by molar-refractivity contribution is -0.131. The first-order valence-corrected chi connectivity index (χ1v) is 4.18. The Balaban J connectivity index is 2.98. The Morgan fingerprint density at radius 3 is 2.67 bits per heavy atom. The van der Waals surface area contributed by atoms with E-state index in [9.17, 15) is 14.4 Å². The maximum atomic E-state index is 11.3. The van der Waals surface area contributed by atoms with Gasteiger partial charge in [0, 0.05) is 32.1 Å². The maximum Gasteiger partial charge on any atom is 0.328 e. The van der Waals surface area contributed by atoms with Crippen molar-refractivity contribution < 1.29 is 9.90 Å². The molecule has 0 saturated heterocycles. The van der Waals surface area contributed by atoms with E-state index in [-0.39, 0.29) is 6.54 Å². The molecule has 0 radical (unpaired) electrons. The average molecular weight is 210 g/mol. The minimum Gasteiger partial charge on any atom is -0.478 e. The molecule has 0 bridgehead atoms. The lowest BCUT2D eigenvalue weighted by atomic mass is 10.4. The van der Waals surface area contributed by atoms with Crippen molar-refractivity contribution >= 4 is 5.97 Å². The highest BCUT2D eigenvalue weighted by Crippen LogP contribution is 1.81. The summed E-state index contributed by atoms with van der Waals surface area (Å²) >= 11 is 0. The molecular formula is C9H10N2O4. The number of allylic oxidation sites excluding steroid dienone is 1. The summed E-state index contributed by atoms with van der Waals surface area (Å²) in [4.78, 5) is 32.6. The molecule has 0 aliphatic heterocycles. The van der Waals surface area contributed by atoms with Crippen molar-refractivity contribution in [3.8, 4) is 0 Å². The van der Waals surface area contributed by atoms with Crippen molar-refractivity contribution in [2.24, 2.45) is 7.05 Å². The van der Waals surface area contributed by atoms with E-state index in [1.165, 1.54) is 30.1 Å². The van der Waals surface area contributed by atoms with Gasteiger partial charge in [-0.25, -0.2) is 4.79 Å². The number of carboxylic acid groups (broad SMARTS) is 1. The van der Waals surface area contributed by atoms with Crippen molar-refractivity contribution in [3.05, 3.63) is 45.3 Å². The van der Waals surface area contributed by atoms with E-state index in [2.05, 4.69) is 0 Å². The highest BCUT2D eigenvalue weighted by Gasteiger charge is 1.99. The van der Waals surface area contributed by atoms with E-state index >= 15 is 0 Å². The van der Waals surface area contributed by atoms with Crippen LogP contribution in [0.2, 0.25) is 0 Å². The molecule has 1 aromatic rings. The van der Waals surface area contributed by atoms with Crippen LogP contribution in [0.1, 0.15) is 0 Å². The topological polar surface area (TPSA) is 81.3 Å². The van der Waals surface area contributed by atoms with Crippen LogP contribution in [0.4, 0.5) is 0 Å². The Hall–Kier alpha value is -2.11. The highest BCUT2D eigenvalue weighted by molar-refractivity contribution is 5.79. The van der Waals surface area contributed by atoms with Gasteiger partial charge in [-0.1, -0.05) is 6.08 Å². The van der Waals surface area contributed by atoms with Gasteiger partial charge >= 0.3 is 17.1 Å². The smallest absolute Gasteiger partial charge is 0.328 e.